The maximum absolute atomic E-state index is 12.2. The maximum atomic E-state index is 12.2. The van der Waals surface area contributed by atoms with Crippen LogP contribution < -0.4 is 0 Å². The van der Waals surface area contributed by atoms with Crippen LogP contribution in [0.5, 0.6) is 0 Å². The first-order valence-corrected chi connectivity index (χ1v) is 6.07. The molecular weight excluding hydrogens is 295 g/mol. The largest absolute Gasteiger partial charge is 0.412 e. The van der Waals surface area contributed by atoms with Gasteiger partial charge in [0.15, 0.2) is 0 Å². The Hall–Kier alpha value is 0.140. The number of hydrogen-bond acceptors (Lipinski definition) is 0. The lowest BCUT2D eigenvalue weighted by Crippen LogP contribution is -2.13. The van der Waals surface area contributed by atoms with Crippen LogP contribution in [0.4, 0.5) is 13.2 Å². The molecule has 0 rings (SSSR count). The van der Waals surface area contributed by atoms with Gasteiger partial charge in [0.05, 0.1) is 0 Å². The molecule has 0 fully saturated rings. The number of allylic oxidation sites excluding steroid dienone is 3. The first-order chi connectivity index (χ1) is 7.44. The Morgan fingerprint density at radius 1 is 1.29 bits per heavy atom. The number of halogens is 6. The van der Waals surface area contributed by atoms with Gasteiger partial charge in [-0.15, -0.1) is 0 Å². The van der Waals surface area contributed by atoms with E-state index in [-0.39, 0.29) is 12.3 Å². The molecular formula is C11H14Cl3F3. The van der Waals surface area contributed by atoms with Gasteiger partial charge in [0.2, 0.25) is 3.79 Å². The minimum absolute atomic E-state index is 0.118. The summed E-state index contributed by atoms with van der Waals surface area (Å²) in [5.41, 5.74) is -0.225. The van der Waals surface area contributed by atoms with E-state index in [1.165, 1.54) is 0 Å². The zero-order valence-electron chi connectivity index (χ0n) is 9.54. The van der Waals surface area contributed by atoms with Crippen molar-refractivity contribution in [2.75, 3.05) is 0 Å². The molecule has 1 unspecified atom stereocenters. The third-order valence-corrected chi connectivity index (χ3v) is 3.16. The second-order valence-electron chi connectivity index (χ2n) is 4.03. The summed E-state index contributed by atoms with van der Waals surface area (Å²) in [6, 6.07) is 0. The van der Waals surface area contributed by atoms with Crippen molar-refractivity contribution in [3.05, 3.63) is 23.8 Å². The SMILES string of the molecule is C=C(CC(C)C/C=C(/C)C(Cl)(Cl)Cl)C(F)(F)F. The van der Waals surface area contributed by atoms with Gasteiger partial charge >= 0.3 is 6.18 Å². The fourth-order valence-electron chi connectivity index (χ4n) is 1.11. The van der Waals surface area contributed by atoms with Gasteiger partial charge in [-0.2, -0.15) is 13.2 Å². The third-order valence-electron chi connectivity index (χ3n) is 2.27. The monoisotopic (exact) mass is 308 g/mol. The normalized spacial score (nSPS) is 15.9. The van der Waals surface area contributed by atoms with Gasteiger partial charge in [-0.3, -0.25) is 0 Å². The van der Waals surface area contributed by atoms with E-state index >= 15 is 0 Å². The Kier molecular flexibility index (Phi) is 6.40. The molecule has 6 heteroatoms. The highest BCUT2D eigenvalue weighted by atomic mass is 35.6. The molecule has 0 saturated heterocycles. The number of rotatable bonds is 4. The van der Waals surface area contributed by atoms with E-state index < -0.39 is 15.5 Å². The van der Waals surface area contributed by atoms with E-state index in [9.17, 15) is 13.2 Å². The average molecular weight is 310 g/mol. The molecule has 0 aromatic carbocycles. The molecule has 0 N–H and O–H groups in total. The molecule has 100 valence electrons. The minimum atomic E-state index is -4.33. The maximum Gasteiger partial charge on any atom is 0.412 e. The predicted octanol–water partition coefficient (Wildman–Crippen LogP) is 5.84. The molecule has 0 heterocycles. The second kappa shape index (κ2) is 6.35. The lowest BCUT2D eigenvalue weighted by Gasteiger charge is -2.16. The van der Waals surface area contributed by atoms with Crippen molar-refractivity contribution in [3.63, 3.8) is 0 Å². The average Bonchev–Trinajstić information content (AvgIpc) is 2.10. The topological polar surface area (TPSA) is 0 Å². The van der Waals surface area contributed by atoms with Crippen LogP contribution in [0.1, 0.15) is 26.7 Å². The number of hydrogen-bond donors (Lipinski definition) is 0. The molecule has 1 atom stereocenters. The third kappa shape index (κ3) is 7.22. The predicted molar refractivity (Wildman–Crippen MR) is 67.6 cm³/mol. The van der Waals surface area contributed by atoms with Crippen molar-refractivity contribution in [2.24, 2.45) is 5.92 Å². The molecule has 0 saturated carbocycles. The van der Waals surface area contributed by atoms with Crippen molar-refractivity contribution in [1.29, 1.82) is 0 Å². The highest BCUT2D eigenvalue weighted by molar-refractivity contribution is 6.69. The summed E-state index contributed by atoms with van der Waals surface area (Å²) in [5.74, 6) is -0.202. The molecule has 0 bridgehead atoms. The highest BCUT2D eigenvalue weighted by Gasteiger charge is 2.32. The summed E-state index contributed by atoms with van der Waals surface area (Å²) in [4.78, 5) is 0. The van der Waals surface area contributed by atoms with Crippen LogP contribution in [0.2, 0.25) is 0 Å². The van der Waals surface area contributed by atoms with Gasteiger partial charge in [-0.1, -0.05) is 54.4 Å². The lowest BCUT2D eigenvalue weighted by atomic mass is 9.97. The summed E-state index contributed by atoms with van der Waals surface area (Å²) < 4.78 is 35.2. The van der Waals surface area contributed by atoms with Crippen LogP contribution in [0.3, 0.4) is 0 Å². The summed E-state index contributed by atoms with van der Waals surface area (Å²) >= 11 is 16.8. The van der Waals surface area contributed by atoms with Crippen LogP contribution in [0, 0.1) is 5.92 Å². The van der Waals surface area contributed by atoms with Crippen molar-refractivity contribution >= 4 is 34.8 Å². The summed E-state index contributed by atoms with van der Waals surface area (Å²) in [6.07, 6.45) is -2.40. The molecule has 0 aliphatic carbocycles. The zero-order chi connectivity index (χ0) is 13.9. The van der Waals surface area contributed by atoms with E-state index in [4.69, 9.17) is 34.8 Å². The molecule has 0 aromatic rings. The summed E-state index contributed by atoms with van der Waals surface area (Å²) in [7, 11) is 0. The quantitative estimate of drug-likeness (QED) is 0.452. The Bertz CT molecular complexity index is 300. The number of alkyl halides is 6. The molecule has 0 aliphatic rings. The Balaban J connectivity index is 4.31. The standard InChI is InChI=1S/C11H14Cl3F3/c1-7(6-9(3)11(15,16)17)4-5-8(2)10(12,13)14/h5,7H,3-4,6H2,1-2H3/b8-5-. The molecule has 0 amide bonds. The van der Waals surface area contributed by atoms with Crippen LogP contribution in [0.15, 0.2) is 23.8 Å². The van der Waals surface area contributed by atoms with Gasteiger partial charge in [-0.05, 0) is 31.3 Å². The van der Waals surface area contributed by atoms with E-state index in [1.54, 1.807) is 19.9 Å². The van der Waals surface area contributed by atoms with Crippen LogP contribution >= 0.6 is 34.8 Å². The van der Waals surface area contributed by atoms with Crippen LogP contribution in [-0.2, 0) is 0 Å². The molecule has 0 spiro atoms. The fourth-order valence-corrected chi connectivity index (χ4v) is 1.34. The van der Waals surface area contributed by atoms with Gasteiger partial charge in [0.1, 0.15) is 0 Å². The van der Waals surface area contributed by atoms with Crippen molar-refractivity contribution < 1.29 is 13.2 Å². The molecule has 0 aliphatic heterocycles. The first-order valence-electron chi connectivity index (χ1n) is 4.93. The Morgan fingerprint density at radius 2 is 1.76 bits per heavy atom. The fraction of sp³-hybridized carbons (Fsp3) is 0.636. The van der Waals surface area contributed by atoms with Crippen LogP contribution in [0.25, 0.3) is 0 Å². The van der Waals surface area contributed by atoms with E-state index in [0.717, 1.165) is 0 Å². The molecule has 0 aromatic heterocycles. The smallest absolute Gasteiger partial charge is 0.167 e. The van der Waals surface area contributed by atoms with E-state index in [0.29, 0.717) is 12.0 Å². The van der Waals surface area contributed by atoms with Crippen molar-refractivity contribution in [3.8, 4) is 0 Å². The Morgan fingerprint density at radius 3 is 2.12 bits per heavy atom. The van der Waals surface area contributed by atoms with Gasteiger partial charge < -0.3 is 0 Å². The van der Waals surface area contributed by atoms with Crippen molar-refractivity contribution in [1.82, 2.24) is 0 Å². The van der Waals surface area contributed by atoms with Crippen LogP contribution in [-0.4, -0.2) is 9.97 Å². The van der Waals surface area contributed by atoms with Gasteiger partial charge in [0.25, 0.3) is 0 Å². The second-order valence-corrected chi connectivity index (χ2v) is 6.31. The first kappa shape index (κ1) is 17.1. The minimum Gasteiger partial charge on any atom is -0.167 e. The van der Waals surface area contributed by atoms with Gasteiger partial charge in [0, 0.05) is 5.57 Å². The molecule has 0 radical (unpaired) electrons. The van der Waals surface area contributed by atoms with Crippen molar-refractivity contribution in [2.45, 2.75) is 36.7 Å². The molecule has 0 nitrogen and oxygen atoms in total. The van der Waals surface area contributed by atoms with E-state index in [2.05, 4.69) is 6.58 Å². The lowest BCUT2D eigenvalue weighted by molar-refractivity contribution is -0.0947. The molecule has 17 heavy (non-hydrogen) atoms. The highest BCUT2D eigenvalue weighted by Crippen LogP contribution is 2.35. The zero-order valence-corrected chi connectivity index (χ0v) is 11.8. The van der Waals surface area contributed by atoms with Gasteiger partial charge in [-0.25, -0.2) is 0 Å². The summed E-state index contributed by atoms with van der Waals surface area (Å²) in [5, 5.41) is 0. The summed E-state index contributed by atoms with van der Waals surface area (Å²) in [6.45, 7) is 6.33. The Labute approximate surface area is 114 Å². The van der Waals surface area contributed by atoms with E-state index in [1.807, 2.05) is 0 Å².